The summed E-state index contributed by atoms with van der Waals surface area (Å²) in [6.07, 6.45) is 15.3. The minimum Gasteiger partial charge on any atom is -0.331 e. The van der Waals surface area contributed by atoms with Gasteiger partial charge in [0, 0.05) is 35.1 Å². The molecule has 0 aromatic heterocycles. The molecule has 2 aromatic rings. The van der Waals surface area contributed by atoms with Crippen LogP contribution >= 0.6 is 0 Å². The van der Waals surface area contributed by atoms with Gasteiger partial charge in [-0.3, -0.25) is 14.7 Å². The summed E-state index contributed by atoms with van der Waals surface area (Å²) in [5.41, 5.74) is 3.79. The molecule has 0 amide bonds. The Bertz CT molecular complexity index is 1130. The highest BCUT2D eigenvalue weighted by Crippen LogP contribution is 2.42. The summed E-state index contributed by atoms with van der Waals surface area (Å²) in [5.74, 6) is 0. The number of nitrogens with zero attached hydrogens (tertiary/aromatic N) is 3. The lowest BCUT2D eigenvalue weighted by atomic mass is 9.69. The zero-order chi connectivity index (χ0) is 38.4. The fraction of sp³-hybridized carbons (Fsp3) is 0.750. The molecular formula is C48H85N4+. The molecular weight excluding hydrogens is 633 g/mol. The van der Waals surface area contributed by atoms with Crippen LogP contribution in [0.15, 0.2) is 60.7 Å². The Morgan fingerprint density at radius 1 is 0.577 bits per heavy atom. The van der Waals surface area contributed by atoms with Gasteiger partial charge in [-0.25, -0.2) is 0 Å². The van der Waals surface area contributed by atoms with Gasteiger partial charge in [-0.1, -0.05) is 74.0 Å². The minimum atomic E-state index is 0.0449. The van der Waals surface area contributed by atoms with E-state index in [2.05, 4.69) is 158 Å². The smallest absolute Gasteiger partial charge is 0.0891 e. The maximum Gasteiger partial charge on any atom is 0.0891 e. The summed E-state index contributed by atoms with van der Waals surface area (Å²) in [4.78, 5) is 9.69. The van der Waals surface area contributed by atoms with Gasteiger partial charge in [0.2, 0.25) is 0 Å². The molecule has 0 aliphatic carbocycles. The third kappa shape index (κ3) is 13.2. The molecule has 4 saturated heterocycles. The van der Waals surface area contributed by atoms with E-state index in [-0.39, 0.29) is 5.41 Å². The molecule has 1 N–H and O–H groups in total. The Morgan fingerprint density at radius 3 is 1.42 bits per heavy atom. The van der Waals surface area contributed by atoms with E-state index < -0.39 is 0 Å². The first-order chi connectivity index (χ1) is 24.6. The maximum atomic E-state index is 2.69. The highest BCUT2D eigenvalue weighted by molar-refractivity contribution is 5.41. The summed E-state index contributed by atoms with van der Waals surface area (Å²) in [5, 5.41) is 0. The van der Waals surface area contributed by atoms with Gasteiger partial charge in [0.25, 0.3) is 0 Å². The second-order valence-corrected chi connectivity index (χ2v) is 19.1. The number of nitrogens with one attached hydrogen (secondary N) is 1. The molecule has 6 rings (SSSR count). The standard InChI is InChI=1S/C21H27N.3C9H19N/c1-17(2)22-16-10-15-20(22)21(3,18-11-6-4-7-12-18)19-13-8-5-9-14-19;2*1-9(2,3)10-7-5-4-6-8-10;1-4-9-6-5-7-10(9)8(2)3/h4-9,11-14,17,20H,10,15-16H2,1-3H3;2*4-8H2,1-3H3;8-9H,4-7H2,1-3H3/p+1/t20-;;;9-/m0..1/s1. The molecule has 4 aliphatic rings. The molecule has 52 heavy (non-hydrogen) atoms. The van der Waals surface area contributed by atoms with E-state index >= 15 is 0 Å². The van der Waals surface area contributed by atoms with Crippen LogP contribution in [0.3, 0.4) is 0 Å². The largest absolute Gasteiger partial charge is 0.331 e. The monoisotopic (exact) mass is 718 g/mol. The Hall–Kier alpha value is -1.72. The first kappa shape index (κ1) is 44.7. The third-order valence-electron chi connectivity index (χ3n) is 12.8. The molecule has 0 unspecified atom stereocenters. The van der Waals surface area contributed by atoms with Gasteiger partial charge in [-0.15, -0.1) is 0 Å². The van der Waals surface area contributed by atoms with Gasteiger partial charge < -0.3 is 4.90 Å². The Morgan fingerprint density at radius 2 is 1.04 bits per heavy atom. The average Bonchev–Trinajstić information content (AvgIpc) is 3.84. The van der Waals surface area contributed by atoms with E-state index in [0.29, 0.717) is 23.2 Å². The van der Waals surface area contributed by atoms with E-state index in [9.17, 15) is 0 Å². The van der Waals surface area contributed by atoms with Crippen molar-refractivity contribution in [3.05, 3.63) is 71.8 Å². The van der Waals surface area contributed by atoms with Crippen molar-refractivity contribution >= 4 is 0 Å². The predicted molar refractivity (Wildman–Crippen MR) is 229 cm³/mol. The zero-order valence-corrected chi connectivity index (χ0v) is 36.4. The molecule has 2 aromatic carbocycles. The number of quaternary nitrogens is 1. The molecule has 0 saturated carbocycles. The van der Waals surface area contributed by atoms with Crippen molar-refractivity contribution in [2.45, 2.75) is 194 Å². The lowest BCUT2D eigenvalue weighted by Crippen LogP contribution is -3.19. The number of hydrogen-bond acceptors (Lipinski definition) is 3. The Balaban J connectivity index is 0.000000204. The summed E-state index contributed by atoms with van der Waals surface area (Å²) in [7, 11) is 0. The van der Waals surface area contributed by atoms with Crippen molar-refractivity contribution in [2.24, 2.45) is 0 Å². The Kier molecular flexibility index (Phi) is 18.4. The highest BCUT2D eigenvalue weighted by Gasteiger charge is 2.43. The van der Waals surface area contributed by atoms with Crippen LogP contribution in [0, 0.1) is 0 Å². The zero-order valence-electron chi connectivity index (χ0n) is 36.4. The van der Waals surface area contributed by atoms with Gasteiger partial charge in [0.1, 0.15) is 0 Å². The number of likely N-dealkylation sites (tertiary alicyclic amines) is 4. The highest BCUT2D eigenvalue weighted by atomic mass is 15.2. The minimum absolute atomic E-state index is 0.0449. The van der Waals surface area contributed by atoms with Gasteiger partial charge in [0.15, 0.2) is 0 Å². The quantitative estimate of drug-likeness (QED) is 0.320. The fourth-order valence-corrected chi connectivity index (χ4v) is 9.42. The molecule has 4 aliphatic heterocycles. The molecule has 4 heteroatoms. The maximum absolute atomic E-state index is 2.69. The Labute approximate surface area is 324 Å². The number of hydrogen-bond donors (Lipinski definition) is 1. The van der Waals surface area contributed by atoms with Crippen molar-refractivity contribution in [1.82, 2.24) is 14.7 Å². The molecule has 0 spiro atoms. The number of benzene rings is 2. The van der Waals surface area contributed by atoms with Crippen molar-refractivity contribution in [3.63, 3.8) is 0 Å². The van der Waals surface area contributed by atoms with Crippen LogP contribution in [0.25, 0.3) is 0 Å². The van der Waals surface area contributed by atoms with E-state index in [1.165, 1.54) is 121 Å². The first-order valence-corrected chi connectivity index (χ1v) is 21.8. The molecule has 4 heterocycles. The summed E-state index contributed by atoms with van der Waals surface area (Å²) in [6.45, 7) is 35.9. The summed E-state index contributed by atoms with van der Waals surface area (Å²) < 4.78 is 0. The van der Waals surface area contributed by atoms with E-state index in [0.717, 1.165) is 12.1 Å². The predicted octanol–water partition coefficient (Wildman–Crippen LogP) is 10.3. The molecule has 0 radical (unpaired) electrons. The van der Waals surface area contributed by atoms with Crippen LogP contribution < -0.4 is 4.90 Å². The first-order valence-electron chi connectivity index (χ1n) is 21.8. The second-order valence-electron chi connectivity index (χ2n) is 19.1. The molecule has 4 fully saturated rings. The van der Waals surface area contributed by atoms with Gasteiger partial charge in [-0.05, 0) is 178 Å². The van der Waals surface area contributed by atoms with Gasteiger partial charge >= 0.3 is 0 Å². The van der Waals surface area contributed by atoms with Crippen LogP contribution in [0.5, 0.6) is 0 Å². The summed E-state index contributed by atoms with van der Waals surface area (Å²) in [6, 6.07) is 24.9. The molecule has 296 valence electrons. The molecule has 0 bridgehead atoms. The van der Waals surface area contributed by atoms with Crippen LogP contribution in [0.2, 0.25) is 0 Å². The topological polar surface area (TPSA) is 14.2 Å². The molecule has 2 atom stereocenters. The van der Waals surface area contributed by atoms with Crippen LogP contribution in [0.1, 0.15) is 165 Å². The lowest BCUT2D eigenvalue weighted by molar-refractivity contribution is -0.950. The van der Waals surface area contributed by atoms with Gasteiger partial charge in [-0.2, -0.15) is 0 Å². The molecule has 4 nitrogen and oxygen atoms in total. The van der Waals surface area contributed by atoms with Crippen LogP contribution in [-0.2, 0) is 5.41 Å². The van der Waals surface area contributed by atoms with Crippen molar-refractivity contribution in [3.8, 4) is 0 Å². The second kappa shape index (κ2) is 21.4. The van der Waals surface area contributed by atoms with E-state index in [1.54, 1.807) is 4.90 Å². The number of piperidine rings is 2. The fourth-order valence-electron chi connectivity index (χ4n) is 9.42. The van der Waals surface area contributed by atoms with Crippen LogP contribution in [-0.4, -0.2) is 89.2 Å². The van der Waals surface area contributed by atoms with Crippen LogP contribution in [0.4, 0.5) is 0 Å². The van der Waals surface area contributed by atoms with Crippen molar-refractivity contribution < 1.29 is 4.90 Å². The van der Waals surface area contributed by atoms with E-state index in [4.69, 9.17) is 0 Å². The SMILES string of the molecule is CC(C)(C)N1CCCCC1.CC(C)(C)[NH+]1CCCCC1.CC(C)N1CCC[C@H]1C(C)(c1ccccc1)c1ccccc1.CC[C@@H]1CCCN1C(C)C. The van der Waals surface area contributed by atoms with Crippen molar-refractivity contribution in [2.75, 3.05) is 39.3 Å². The average molecular weight is 718 g/mol. The third-order valence-corrected chi connectivity index (χ3v) is 12.8. The van der Waals surface area contributed by atoms with Crippen molar-refractivity contribution in [1.29, 1.82) is 0 Å². The number of rotatable bonds is 6. The lowest BCUT2D eigenvalue weighted by Gasteiger charge is -2.43. The summed E-state index contributed by atoms with van der Waals surface area (Å²) >= 11 is 0. The normalized spacial score (nSPS) is 22.7. The van der Waals surface area contributed by atoms with E-state index in [1.807, 2.05) is 0 Å². The van der Waals surface area contributed by atoms with Gasteiger partial charge in [0.05, 0.1) is 18.6 Å².